The van der Waals surface area contributed by atoms with Crippen LogP contribution in [-0.4, -0.2) is 37.4 Å². The first kappa shape index (κ1) is 21.7. The Bertz CT molecular complexity index is 858. The molecule has 0 aliphatic heterocycles. The minimum atomic E-state index is -0.644. The van der Waals surface area contributed by atoms with Crippen LogP contribution in [-0.2, 0) is 16.0 Å². The predicted octanol–water partition coefficient (Wildman–Crippen LogP) is 3.73. The van der Waals surface area contributed by atoms with Gasteiger partial charge in [0.1, 0.15) is 6.10 Å². The summed E-state index contributed by atoms with van der Waals surface area (Å²) in [6.45, 7) is 1.19. The standard InChI is InChI=1S/C25H27NO4/c1-29-25(28)22-14-12-19(13-15-22)16-26-17-23(27)18-30-24(20-8-4-2-5-9-20)21-10-6-3-7-11-21/h2-15,23-24,26-27H,16-18H2,1H3/t23-/m1/s1. The van der Waals surface area contributed by atoms with Crippen molar-refractivity contribution in [2.45, 2.75) is 18.8 Å². The van der Waals surface area contributed by atoms with Crippen LogP contribution in [0, 0.1) is 0 Å². The number of rotatable bonds is 10. The Morgan fingerprint density at radius 2 is 1.47 bits per heavy atom. The third kappa shape index (κ3) is 6.26. The van der Waals surface area contributed by atoms with Crippen molar-refractivity contribution in [3.05, 3.63) is 107 Å². The highest BCUT2D eigenvalue weighted by Crippen LogP contribution is 2.25. The number of hydrogen-bond acceptors (Lipinski definition) is 5. The quantitative estimate of drug-likeness (QED) is 0.503. The molecule has 5 nitrogen and oxygen atoms in total. The largest absolute Gasteiger partial charge is 0.465 e. The maximum Gasteiger partial charge on any atom is 0.337 e. The second kappa shape index (κ2) is 11.3. The minimum Gasteiger partial charge on any atom is -0.465 e. The fraction of sp³-hybridized carbons (Fsp3) is 0.240. The van der Waals surface area contributed by atoms with Crippen molar-refractivity contribution in [3.8, 4) is 0 Å². The molecule has 1 atom stereocenters. The van der Waals surface area contributed by atoms with Gasteiger partial charge in [-0.05, 0) is 28.8 Å². The van der Waals surface area contributed by atoms with E-state index in [4.69, 9.17) is 9.47 Å². The third-order valence-corrected chi connectivity index (χ3v) is 4.74. The van der Waals surface area contributed by atoms with Gasteiger partial charge in [-0.25, -0.2) is 4.79 Å². The van der Waals surface area contributed by atoms with Gasteiger partial charge in [0.15, 0.2) is 0 Å². The summed E-state index contributed by atoms with van der Waals surface area (Å²) in [5, 5.41) is 13.6. The molecule has 0 radical (unpaired) electrons. The smallest absolute Gasteiger partial charge is 0.337 e. The molecule has 0 saturated carbocycles. The minimum absolute atomic E-state index is 0.211. The summed E-state index contributed by atoms with van der Waals surface area (Å²) in [6, 6.07) is 27.2. The molecule has 0 bridgehead atoms. The average Bonchev–Trinajstić information content (AvgIpc) is 2.80. The Morgan fingerprint density at radius 1 is 0.900 bits per heavy atom. The van der Waals surface area contributed by atoms with E-state index in [0.717, 1.165) is 16.7 Å². The van der Waals surface area contributed by atoms with Gasteiger partial charge in [0.25, 0.3) is 0 Å². The van der Waals surface area contributed by atoms with Crippen molar-refractivity contribution >= 4 is 5.97 Å². The van der Waals surface area contributed by atoms with E-state index in [2.05, 4.69) is 5.32 Å². The van der Waals surface area contributed by atoms with Crippen LogP contribution in [0.2, 0.25) is 0 Å². The molecule has 0 fully saturated rings. The zero-order valence-electron chi connectivity index (χ0n) is 17.0. The summed E-state index contributed by atoms with van der Waals surface area (Å²) in [7, 11) is 1.36. The lowest BCUT2D eigenvalue weighted by Gasteiger charge is -2.21. The molecule has 3 rings (SSSR count). The van der Waals surface area contributed by atoms with Crippen molar-refractivity contribution < 1.29 is 19.4 Å². The number of hydrogen-bond donors (Lipinski definition) is 2. The molecule has 0 spiro atoms. The van der Waals surface area contributed by atoms with Crippen LogP contribution in [0.15, 0.2) is 84.9 Å². The lowest BCUT2D eigenvalue weighted by molar-refractivity contribution is 0.00649. The number of esters is 1. The molecule has 30 heavy (non-hydrogen) atoms. The Kier molecular flexibility index (Phi) is 8.15. The van der Waals surface area contributed by atoms with Crippen LogP contribution in [0.4, 0.5) is 0 Å². The van der Waals surface area contributed by atoms with Gasteiger partial charge in [-0.3, -0.25) is 0 Å². The Hall–Kier alpha value is -2.99. The van der Waals surface area contributed by atoms with Crippen molar-refractivity contribution in [2.24, 2.45) is 0 Å². The number of nitrogens with one attached hydrogen (secondary N) is 1. The van der Waals surface area contributed by atoms with Crippen LogP contribution in [0.1, 0.15) is 33.2 Å². The van der Waals surface area contributed by atoms with Crippen LogP contribution in [0.5, 0.6) is 0 Å². The van der Waals surface area contributed by atoms with Gasteiger partial charge in [0, 0.05) is 13.1 Å². The van der Waals surface area contributed by atoms with Crippen LogP contribution < -0.4 is 5.32 Å². The molecule has 3 aromatic rings. The number of benzene rings is 3. The zero-order chi connectivity index (χ0) is 21.2. The van der Waals surface area contributed by atoms with E-state index in [0.29, 0.717) is 18.7 Å². The number of aliphatic hydroxyl groups excluding tert-OH is 1. The van der Waals surface area contributed by atoms with E-state index < -0.39 is 6.10 Å². The molecular weight excluding hydrogens is 378 g/mol. The number of methoxy groups -OCH3 is 1. The summed E-state index contributed by atoms with van der Waals surface area (Å²) in [5.41, 5.74) is 3.63. The predicted molar refractivity (Wildman–Crippen MR) is 116 cm³/mol. The molecule has 0 heterocycles. The van der Waals surface area contributed by atoms with Gasteiger partial charge >= 0.3 is 5.97 Å². The van der Waals surface area contributed by atoms with E-state index >= 15 is 0 Å². The van der Waals surface area contributed by atoms with Crippen LogP contribution >= 0.6 is 0 Å². The zero-order valence-corrected chi connectivity index (χ0v) is 17.0. The van der Waals surface area contributed by atoms with E-state index in [1.165, 1.54) is 7.11 Å². The molecule has 0 aliphatic carbocycles. The maximum absolute atomic E-state index is 11.5. The number of ether oxygens (including phenoxy) is 2. The SMILES string of the molecule is COC(=O)c1ccc(CNC[C@@H](O)COC(c2ccccc2)c2ccccc2)cc1. The Balaban J connectivity index is 1.50. The normalized spacial score (nSPS) is 12.0. The monoisotopic (exact) mass is 405 g/mol. The van der Waals surface area contributed by atoms with Gasteiger partial charge in [0.05, 0.1) is 25.4 Å². The summed E-state index contributed by atoms with van der Waals surface area (Å²) in [4.78, 5) is 11.5. The molecule has 156 valence electrons. The van der Waals surface area contributed by atoms with E-state index in [-0.39, 0.29) is 18.7 Å². The highest BCUT2D eigenvalue weighted by atomic mass is 16.5. The fourth-order valence-electron chi connectivity index (χ4n) is 3.17. The van der Waals surface area contributed by atoms with Crippen molar-refractivity contribution in [2.75, 3.05) is 20.3 Å². The molecule has 0 aromatic heterocycles. The number of carbonyl (C=O) groups excluding carboxylic acids is 1. The van der Waals surface area contributed by atoms with Crippen molar-refractivity contribution in [3.63, 3.8) is 0 Å². The van der Waals surface area contributed by atoms with Gasteiger partial charge in [0.2, 0.25) is 0 Å². The van der Waals surface area contributed by atoms with E-state index in [1.54, 1.807) is 12.1 Å². The van der Waals surface area contributed by atoms with Crippen molar-refractivity contribution in [1.82, 2.24) is 5.32 Å². The summed E-state index contributed by atoms with van der Waals surface area (Å²) >= 11 is 0. The van der Waals surface area contributed by atoms with Crippen LogP contribution in [0.25, 0.3) is 0 Å². The molecular formula is C25H27NO4. The van der Waals surface area contributed by atoms with Gasteiger partial charge in [-0.15, -0.1) is 0 Å². The first-order chi connectivity index (χ1) is 14.7. The van der Waals surface area contributed by atoms with Crippen molar-refractivity contribution in [1.29, 1.82) is 0 Å². The maximum atomic E-state index is 11.5. The summed E-state index contributed by atoms with van der Waals surface area (Å²) < 4.78 is 10.8. The first-order valence-corrected chi connectivity index (χ1v) is 9.95. The average molecular weight is 405 g/mol. The molecule has 2 N–H and O–H groups in total. The van der Waals surface area contributed by atoms with Gasteiger partial charge < -0.3 is 19.9 Å². The van der Waals surface area contributed by atoms with E-state index in [9.17, 15) is 9.90 Å². The Morgan fingerprint density at radius 3 is 2.00 bits per heavy atom. The van der Waals surface area contributed by atoms with Gasteiger partial charge in [-0.2, -0.15) is 0 Å². The number of aliphatic hydroxyl groups is 1. The topological polar surface area (TPSA) is 67.8 Å². The number of carbonyl (C=O) groups is 1. The second-order valence-electron chi connectivity index (χ2n) is 7.01. The second-order valence-corrected chi connectivity index (χ2v) is 7.01. The summed E-state index contributed by atoms with van der Waals surface area (Å²) in [6.07, 6.45) is -0.873. The molecule has 3 aromatic carbocycles. The highest BCUT2D eigenvalue weighted by Gasteiger charge is 2.16. The van der Waals surface area contributed by atoms with E-state index in [1.807, 2.05) is 72.8 Å². The molecule has 0 amide bonds. The lowest BCUT2D eigenvalue weighted by atomic mass is 10.0. The Labute approximate surface area is 177 Å². The highest BCUT2D eigenvalue weighted by molar-refractivity contribution is 5.89. The fourth-order valence-corrected chi connectivity index (χ4v) is 3.17. The summed E-state index contributed by atoms with van der Waals surface area (Å²) in [5.74, 6) is -0.353. The molecule has 0 unspecified atom stereocenters. The first-order valence-electron chi connectivity index (χ1n) is 9.95. The van der Waals surface area contributed by atoms with Crippen LogP contribution in [0.3, 0.4) is 0 Å². The van der Waals surface area contributed by atoms with Gasteiger partial charge in [-0.1, -0.05) is 72.8 Å². The third-order valence-electron chi connectivity index (χ3n) is 4.74. The molecule has 0 saturated heterocycles. The molecule has 0 aliphatic rings. The molecule has 5 heteroatoms. The lowest BCUT2D eigenvalue weighted by Crippen LogP contribution is -2.30.